The van der Waals surface area contributed by atoms with Gasteiger partial charge in [-0.2, -0.15) is 49.2 Å². The van der Waals surface area contributed by atoms with Crippen molar-refractivity contribution in [3.63, 3.8) is 0 Å². The van der Waals surface area contributed by atoms with Gasteiger partial charge < -0.3 is 0 Å². The first-order chi connectivity index (χ1) is 8.20. The molecule has 0 unspecified atom stereocenters. The monoisotopic (exact) mass is 342 g/mol. The van der Waals surface area contributed by atoms with E-state index in [0.29, 0.717) is 0 Å². The van der Waals surface area contributed by atoms with Gasteiger partial charge in [0, 0.05) is 0 Å². The van der Waals surface area contributed by atoms with Gasteiger partial charge in [-0.3, -0.25) is 0 Å². The molecule has 0 aromatic heterocycles. The Kier molecular flexibility index (Phi) is 11.9. The van der Waals surface area contributed by atoms with E-state index in [1.807, 2.05) is 60.7 Å². The van der Waals surface area contributed by atoms with Crippen molar-refractivity contribution in [3.05, 3.63) is 85.6 Å². The minimum absolute atomic E-state index is 0.826. The van der Waals surface area contributed by atoms with Gasteiger partial charge in [0.1, 0.15) is 0 Å². The summed E-state index contributed by atoms with van der Waals surface area (Å²) in [5.74, 6) is 0. The molecular formula is C14H14Cl2Zr. The predicted octanol–water partition coefficient (Wildman–Crippen LogP) is 5.11. The van der Waals surface area contributed by atoms with E-state index in [2.05, 4.69) is 13.8 Å². The topological polar surface area (TPSA) is 0 Å². The Hall–Kier alpha value is -0.357. The Bertz CT molecular complexity index is 325. The van der Waals surface area contributed by atoms with E-state index in [-0.39, 0.29) is 0 Å². The molecule has 0 aliphatic heterocycles. The maximum atomic E-state index is 4.93. The molecule has 3 heteroatoms. The van der Waals surface area contributed by atoms with Gasteiger partial charge in [-0.25, -0.2) is 0 Å². The van der Waals surface area contributed by atoms with Crippen LogP contribution in [0.15, 0.2) is 60.7 Å². The fourth-order valence-electron chi connectivity index (χ4n) is 0.956. The molecule has 2 aromatic carbocycles. The molecule has 2 aromatic rings. The van der Waals surface area contributed by atoms with Gasteiger partial charge in [-0.05, 0) is 0 Å². The second-order valence-electron chi connectivity index (χ2n) is 3.04. The van der Waals surface area contributed by atoms with E-state index >= 15 is 0 Å². The third kappa shape index (κ3) is 11.9. The van der Waals surface area contributed by atoms with Crippen molar-refractivity contribution in [2.45, 2.75) is 0 Å². The quantitative estimate of drug-likeness (QED) is 0.582. The number of hydrogen-bond acceptors (Lipinski definition) is 0. The Balaban J connectivity index is 0.000000247. The van der Waals surface area contributed by atoms with Crippen LogP contribution in [0.1, 0.15) is 11.1 Å². The zero-order chi connectivity index (χ0) is 12.9. The Morgan fingerprint density at radius 3 is 1.00 bits per heavy atom. The van der Waals surface area contributed by atoms with Crippen LogP contribution in [0.4, 0.5) is 0 Å². The van der Waals surface area contributed by atoms with Crippen LogP contribution >= 0.6 is 17.0 Å². The molecule has 0 fully saturated rings. The van der Waals surface area contributed by atoms with Gasteiger partial charge in [0.25, 0.3) is 0 Å². The molecule has 0 aliphatic carbocycles. The summed E-state index contributed by atoms with van der Waals surface area (Å²) in [4.78, 5) is 0. The molecule has 0 spiro atoms. The molecule has 2 rings (SSSR count). The SMILES string of the molecule is [CH2-]c1ccccc1.[CH2-]c1ccccc1.[Cl][Zr+2][Cl]. The number of halogens is 2. The molecule has 88 valence electrons. The van der Waals surface area contributed by atoms with E-state index in [9.17, 15) is 0 Å². The number of rotatable bonds is 0. The second kappa shape index (κ2) is 12.1. The van der Waals surface area contributed by atoms with Crippen molar-refractivity contribution in [1.29, 1.82) is 0 Å². The summed E-state index contributed by atoms with van der Waals surface area (Å²) < 4.78 is 0. The molecule has 17 heavy (non-hydrogen) atoms. The molecule has 0 nitrogen and oxygen atoms in total. The van der Waals surface area contributed by atoms with Crippen molar-refractivity contribution >= 4 is 17.0 Å². The normalized spacial score (nSPS) is 7.65. The van der Waals surface area contributed by atoms with Gasteiger partial charge in [0.05, 0.1) is 0 Å². The molecule has 0 bridgehead atoms. The van der Waals surface area contributed by atoms with Crippen molar-refractivity contribution in [3.8, 4) is 0 Å². The van der Waals surface area contributed by atoms with Gasteiger partial charge in [0.15, 0.2) is 0 Å². The van der Waals surface area contributed by atoms with Gasteiger partial charge in [-0.15, -0.1) is 24.3 Å². The van der Waals surface area contributed by atoms with Crippen LogP contribution in [0.3, 0.4) is 0 Å². The molecule has 0 saturated carbocycles. The predicted molar refractivity (Wildman–Crippen MR) is 73.5 cm³/mol. The van der Waals surface area contributed by atoms with Crippen molar-refractivity contribution in [1.82, 2.24) is 0 Å². The van der Waals surface area contributed by atoms with E-state index in [4.69, 9.17) is 17.0 Å². The van der Waals surface area contributed by atoms with Gasteiger partial charge in [-0.1, -0.05) is 12.1 Å². The molecule has 0 heterocycles. The first kappa shape index (κ1) is 16.6. The summed E-state index contributed by atoms with van der Waals surface area (Å²) >= 11 is -0.826. The van der Waals surface area contributed by atoms with Crippen molar-refractivity contribution in [2.24, 2.45) is 0 Å². The zero-order valence-corrected chi connectivity index (χ0v) is 13.4. The summed E-state index contributed by atoms with van der Waals surface area (Å²) in [6.45, 7) is 7.44. The van der Waals surface area contributed by atoms with Crippen LogP contribution in [0.2, 0.25) is 0 Å². The summed E-state index contributed by atoms with van der Waals surface area (Å²) in [5.41, 5.74) is 2.14. The zero-order valence-electron chi connectivity index (χ0n) is 9.44. The van der Waals surface area contributed by atoms with Crippen LogP contribution in [0, 0.1) is 13.8 Å². The first-order valence-electron chi connectivity index (χ1n) is 4.91. The molecule has 0 saturated heterocycles. The third-order valence-electron chi connectivity index (χ3n) is 1.69. The van der Waals surface area contributed by atoms with Crippen LogP contribution in [-0.2, 0) is 20.8 Å². The summed E-state index contributed by atoms with van der Waals surface area (Å²) in [6, 6.07) is 19.7. The third-order valence-corrected chi connectivity index (χ3v) is 1.69. The molecule has 0 aliphatic rings. The molecule has 0 amide bonds. The summed E-state index contributed by atoms with van der Waals surface area (Å²) in [6.07, 6.45) is 0. The summed E-state index contributed by atoms with van der Waals surface area (Å²) in [7, 11) is 9.87. The number of hydrogen-bond donors (Lipinski definition) is 0. The van der Waals surface area contributed by atoms with E-state index < -0.39 is 20.8 Å². The van der Waals surface area contributed by atoms with Gasteiger partial charge >= 0.3 is 37.9 Å². The molecular weight excluding hydrogens is 330 g/mol. The number of benzene rings is 2. The summed E-state index contributed by atoms with van der Waals surface area (Å²) in [5, 5.41) is 0. The average molecular weight is 344 g/mol. The Morgan fingerprint density at radius 1 is 0.647 bits per heavy atom. The van der Waals surface area contributed by atoms with Crippen LogP contribution in [0.25, 0.3) is 0 Å². The van der Waals surface area contributed by atoms with E-state index in [0.717, 1.165) is 11.1 Å². The van der Waals surface area contributed by atoms with Crippen LogP contribution < -0.4 is 0 Å². The fourth-order valence-corrected chi connectivity index (χ4v) is 0.956. The Morgan fingerprint density at radius 2 is 0.882 bits per heavy atom. The fraction of sp³-hybridized carbons (Fsp3) is 0. The molecule has 0 N–H and O–H groups in total. The van der Waals surface area contributed by atoms with Crippen LogP contribution in [-0.4, -0.2) is 0 Å². The first-order valence-corrected chi connectivity index (χ1v) is 11.2. The average Bonchev–Trinajstić information content (AvgIpc) is 2.33. The van der Waals surface area contributed by atoms with Crippen LogP contribution in [0.5, 0.6) is 0 Å². The van der Waals surface area contributed by atoms with Gasteiger partial charge in [0.2, 0.25) is 0 Å². The molecule has 0 radical (unpaired) electrons. The second-order valence-corrected chi connectivity index (χ2v) is 6.77. The van der Waals surface area contributed by atoms with Crippen molar-refractivity contribution < 1.29 is 20.8 Å². The van der Waals surface area contributed by atoms with E-state index in [1.165, 1.54) is 0 Å². The molecule has 0 atom stereocenters. The van der Waals surface area contributed by atoms with E-state index in [1.54, 1.807) is 0 Å². The minimum atomic E-state index is -0.826. The van der Waals surface area contributed by atoms with Crippen molar-refractivity contribution in [2.75, 3.05) is 0 Å². The standard InChI is InChI=1S/2C7H7.2ClH.Zr/c2*1-7-5-3-2-4-6-7;;;/h2*2-6H,1H2;2*1H;/q2*-1;;;+4/p-2. The maximum absolute atomic E-state index is 4.93. The Labute approximate surface area is 123 Å².